The van der Waals surface area contributed by atoms with Crippen LogP contribution in [-0.2, 0) is 11.3 Å². The van der Waals surface area contributed by atoms with Crippen molar-refractivity contribution in [2.75, 3.05) is 31.2 Å². The number of para-hydroxylation sites is 1. The van der Waals surface area contributed by atoms with Gasteiger partial charge in [0.25, 0.3) is 11.6 Å². The van der Waals surface area contributed by atoms with Crippen LogP contribution in [0.25, 0.3) is 0 Å². The summed E-state index contributed by atoms with van der Waals surface area (Å²) in [6, 6.07) is 21.2. The summed E-state index contributed by atoms with van der Waals surface area (Å²) < 4.78 is 11.2. The first-order valence-corrected chi connectivity index (χ1v) is 10.8. The molecule has 1 aliphatic rings. The van der Waals surface area contributed by atoms with E-state index in [-0.39, 0.29) is 5.69 Å². The molecule has 1 fully saturated rings. The van der Waals surface area contributed by atoms with Crippen LogP contribution in [-0.4, -0.2) is 43.3 Å². The van der Waals surface area contributed by atoms with Crippen molar-refractivity contribution < 1.29 is 19.2 Å². The Hall–Kier alpha value is -4.24. The largest absolute Gasteiger partial charge is 0.488 e. The molecule has 0 saturated carbocycles. The molecule has 1 saturated heterocycles. The Balaban J connectivity index is 1.49. The Morgan fingerprint density at radius 2 is 1.82 bits per heavy atom. The van der Waals surface area contributed by atoms with Gasteiger partial charge in [0.15, 0.2) is 0 Å². The molecule has 174 valence electrons. The molecule has 0 bridgehead atoms. The predicted octanol–water partition coefficient (Wildman–Crippen LogP) is 3.77. The van der Waals surface area contributed by atoms with Gasteiger partial charge in [-0.1, -0.05) is 42.5 Å². The quantitative estimate of drug-likeness (QED) is 0.312. The van der Waals surface area contributed by atoms with Gasteiger partial charge in [0.05, 0.1) is 29.9 Å². The third-order valence-electron chi connectivity index (χ3n) is 5.31. The van der Waals surface area contributed by atoms with Gasteiger partial charge < -0.3 is 14.4 Å². The molecule has 1 amide bonds. The zero-order chi connectivity index (χ0) is 23.8. The number of benzene rings is 3. The number of ether oxygens (including phenoxy) is 2. The summed E-state index contributed by atoms with van der Waals surface area (Å²) in [4.78, 5) is 25.7. The van der Waals surface area contributed by atoms with Crippen molar-refractivity contribution in [3.05, 3.63) is 99.6 Å². The van der Waals surface area contributed by atoms with E-state index in [1.165, 1.54) is 18.3 Å². The van der Waals surface area contributed by atoms with Crippen LogP contribution in [0, 0.1) is 10.1 Å². The number of carbonyl (C=O) groups is 1. The van der Waals surface area contributed by atoms with Crippen molar-refractivity contribution in [1.29, 1.82) is 0 Å². The third kappa shape index (κ3) is 5.76. The van der Waals surface area contributed by atoms with Gasteiger partial charge in [-0.15, -0.1) is 0 Å². The van der Waals surface area contributed by atoms with E-state index in [4.69, 9.17) is 9.47 Å². The second kappa shape index (κ2) is 11.1. The van der Waals surface area contributed by atoms with Gasteiger partial charge >= 0.3 is 0 Å². The first kappa shape index (κ1) is 22.9. The zero-order valence-corrected chi connectivity index (χ0v) is 18.4. The maximum absolute atomic E-state index is 12.8. The maximum Gasteiger partial charge on any atom is 0.275 e. The molecule has 9 heteroatoms. The number of non-ortho nitro benzene ring substituents is 1. The summed E-state index contributed by atoms with van der Waals surface area (Å²) in [6.45, 7) is 2.80. The first-order valence-electron chi connectivity index (χ1n) is 10.8. The molecule has 0 aromatic heterocycles. The molecule has 0 radical (unpaired) electrons. The molecule has 0 spiro atoms. The van der Waals surface area contributed by atoms with Gasteiger partial charge in [0.1, 0.15) is 12.4 Å². The number of nitro benzene ring substituents is 1. The van der Waals surface area contributed by atoms with Gasteiger partial charge in [0.2, 0.25) is 0 Å². The predicted molar refractivity (Wildman–Crippen MR) is 128 cm³/mol. The molecule has 1 aliphatic heterocycles. The molecule has 1 heterocycles. The fourth-order valence-corrected chi connectivity index (χ4v) is 3.59. The van der Waals surface area contributed by atoms with E-state index in [1.807, 2.05) is 30.3 Å². The number of amides is 1. The van der Waals surface area contributed by atoms with Gasteiger partial charge in [-0.05, 0) is 23.8 Å². The SMILES string of the molecule is O=C(N/N=C/c1cc([N+](=O)[O-])ccc1N1CCOCC1)c1ccccc1OCc1ccccc1. The standard InChI is InChI=1S/C25H24N4O5/c30-25(22-8-4-5-9-24(22)34-18-19-6-2-1-3-7-19)27-26-17-20-16-21(29(31)32)10-11-23(20)28-12-14-33-15-13-28/h1-11,16-17H,12-15,18H2,(H,27,30)/b26-17+. The number of rotatable bonds is 8. The Morgan fingerprint density at radius 3 is 2.59 bits per heavy atom. The number of carbonyl (C=O) groups excluding carboxylic acids is 1. The van der Waals surface area contributed by atoms with Crippen molar-refractivity contribution in [3.63, 3.8) is 0 Å². The number of anilines is 1. The number of morpholine rings is 1. The highest BCUT2D eigenvalue weighted by Gasteiger charge is 2.17. The van der Waals surface area contributed by atoms with Gasteiger partial charge in [-0.2, -0.15) is 5.10 Å². The molecule has 1 N–H and O–H groups in total. The molecule has 0 unspecified atom stereocenters. The second-order valence-electron chi connectivity index (χ2n) is 7.57. The lowest BCUT2D eigenvalue weighted by molar-refractivity contribution is -0.384. The molecule has 0 aliphatic carbocycles. The highest BCUT2D eigenvalue weighted by atomic mass is 16.6. The summed E-state index contributed by atoms with van der Waals surface area (Å²) >= 11 is 0. The smallest absolute Gasteiger partial charge is 0.275 e. The van der Waals surface area contributed by atoms with Crippen LogP contribution in [0.2, 0.25) is 0 Å². The molecular formula is C25H24N4O5. The van der Waals surface area contributed by atoms with Crippen LogP contribution in [0.1, 0.15) is 21.5 Å². The number of nitro groups is 1. The van der Waals surface area contributed by atoms with E-state index < -0.39 is 10.8 Å². The van der Waals surface area contributed by atoms with E-state index >= 15 is 0 Å². The average Bonchev–Trinajstić information content (AvgIpc) is 2.88. The Kier molecular flexibility index (Phi) is 7.46. The van der Waals surface area contributed by atoms with Crippen LogP contribution in [0.3, 0.4) is 0 Å². The molecular weight excluding hydrogens is 436 g/mol. The van der Waals surface area contributed by atoms with E-state index in [0.29, 0.717) is 49.8 Å². The van der Waals surface area contributed by atoms with Crippen LogP contribution >= 0.6 is 0 Å². The Labute approximate surface area is 196 Å². The number of nitrogens with one attached hydrogen (secondary N) is 1. The minimum absolute atomic E-state index is 0.0514. The minimum atomic E-state index is -0.459. The monoisotopic (exact) mass is 460 g/mol. The molecule has 9 nitrogen and oxygen atoms in total. The van der Waals surface area contributed by atoms with Crippen molar-refractivity contribution in [2.24, 2.45) is 5.10 Å². The normalized spacial score (nSPS) is 13.6. The number of hydrazone groups is 1. The van der Waals surface area contributed by atoms with E-state index in [2.05, 4.69) is 15.4 Å². The lowest BCUT2D eigenvalue weighted by Crippen LogP contribution is -2.36. The molecule has 0 atom stereocenters. The van der Waals surface area contributed by atoms with E-state index in [1.54, 1.807) is 30.3 Å². The van der Waals surface area contributed by atoms with Crippen molar-refractivity contribution in [1.82, 2.24) is 5.43 Å². The Bertz CT molecular complexity index is 1180. The first-order chi connectivity index (χ1) is 16.6. The third-order valence-corrected chi connectivity index (χ3v) is 5.31. The Morgan fingerprint density at radius 1 is 1.09 bits per heavy atom. The number of nitrogens with zero attached hydrogens (tertiary/aromatic N) is 3. The molecule has 3 aromatic carbocycles. The summed E-state index contributed by atoms with van der Waals surface area (Å²) in [5.74, 6) is -0.0123. The van der Waals surface area contributed by atoms with Gasteiger partial charge in [-0.3, -0.25) is 14.9 Å². The lowest BCUT2D eigenvalue weighted by Gasteiger charge is -2.29. The van der Waals surface area contributed by atoms with Gasteiger partial charge in [-0.25, -0.2) is 5.43 Å². The summed E-state index contributed by atoms with van der Waals surface area (Å²) in [7, 11) is 0. The fourth-order valence-electron chi connectivity index (χ4n) is 3.59. The number of hydrogen-bond acceptors (Lipinski definition) is 7. The lowest BCUT2D eigenvalue weighted by atomic mass is 10.1. The zero-order valence-electron chi connectivity index (χ0n) is 18.4. The highest BCUT2D eigenvalue weighted by molar-refractivity contribution is 5.98. The van der Waals surface area contributed by atoms with Crippen LogP contribution in [0.5, 0.6) is 5.75 Å². The van der Waals surface area contributed by atoms with E-state index in [0.717, 1.165) is 11.3 Å². The molecule has 4 rings (SSSR count). The second-order valence-corrected chi connectivity index (χ2v) is 7.57. The summed E-state index contributed by atoms with van der Waals surface area (Å²) in [5, 5.41) is 15.3. The maximum atomic E-state index is 12.8. The highest BCUT2D eigenvalue weighted by Crippen LogP contribution is 2.25. The van der Waals surface area contributed by atoms with Crippen LogP contribution < -0.4 is 15.1 Å². The minimum Gasteiger partial charge on any atom is -0.488 e. The number of hydrogen-bond donors (Lipinski definition) is 1. The van der Waals surface area contributed by atoms with Gasteiger partial charge in [0, 0.05) is 36.5 Å². The molecule has 34 heavy (non-hydrogen) atoms. The van der Waals surface area contributed by atoms with E-state index in [9.17, 15) is 14.9 Å². The summed E-state index contributed by atoms with van der Waals surface area (Å²) in [5.41, 5.74) is 5.09. The fraction of sp³-hybridized carbons (Fsp3) is 0.200. The van der Waals surface area contributed by atoms with Crippen LogP contribution in [0.4, 0.5) is 11.4 Å². The topological polar surface area (TPSA) is 106 Å². The average molecular weight is 460 g/mol. The van der Waals surface area contributed by atoms with Crippen molar-refractivity contribution in [3.8, 4) is 5.75 Å². The molecule has 3 aromatic rings. The van der Waals surface area contributed by atoms with Crippen molar-refractivity contribution >= 4 is 23.5 Å². The van der Waals surface area contributed by atoms with Crippen molar-refractivity contribution in [2.45, 2.75) is 6.61 Å². The van der Waals surface area contributed by atoms with Crippen LogP contribution in [0.15, 0.2) is 77.9 Å². The summed E-state index contributed by atoms with van der Waals surface area (Å²) in [6.07, 6.45) is 1.42.